The van der Waals surface area contributed by atoms with Gasteiger partial charge in [-0.25, -0.2) is 0 Å². The summed E-state index contributed by atoms with van der Waals surface area (Å²) in [7, 11) is 1.84. The van der Waals surface area contributed by atoms with Gasteiger partial charge in [-0.1, -0.05) is 0 Å². The van der Waals surface area contributed by atoms with Gasteiger partial charge in [0.1, 0.15) is 0 Å². The van der Waals surface area contributed by atoms with E-state index < -0.39 is 11.4 Å². The number of hydrogen-bond donors (Lipinski definition) is 3. The SMILES string of the molecule is CNCCCC(=O)NC(C)(C)CC(N)=O. The molecule has 0 spiro atoms. The lowest BCUT2D eigenvalue weighted by Crippen LogP contribution is -2.46. The lowest BCUT2D eigenvalue weighted by atomic mass is 10.00. The zero-order chi connectivity index (χ0) is 11.9. The summed E-state index contributed by atoms with van der Waals surface area (Å²) >= 11 is 0. The molecule has 0 aromatic heterocycles. The fourth-order valence-electron chi connectivity index (χ4n) is 1.35. The number of nitrogens with one attached hydrogen (secondary N) is 2. The summed E-state index contributed by atoms with van der Waals surface area (Å²) in [6.07, 6.45) is 1.41. The maximum Gasteiger partial charge on any atom is 0.220 e. The Morgan fingerprint density at radius 3 is 2.40 bits per heavy atom. The fraction of sp³-hybridized carbons (Fsp3) is 0.800. The first-order valence-electron chi connectivity index (χ1n) is 5.11. The molecule has 0 aliphatic rings. The molecule has 15 heavy (non-hydrogen) atoms. The van der Waals surface area contributed by atoms with E-state index >= 15 is 0 Å². The molecule has 0 bridgehead atoms. The molecule has 0 saturated carbocycles. The van der Waals surface area contributed by atoms with Crippen LogP contribution in [0.1, 0.15) is 33.1 Å². The Bertz CT molecular complexity index is 227. The molecule has 0 heterocycles. The van der Waals surface area contributed by atoms with Crippen LogP contribution in [-0.2, 0) is 9.59 Å². The predicted octanol–water partition coefficient (Wildman–Crippen LogP) is -0.244. The van der Waals surface area contributed by atoms with Crippen LogP contribution in [0.4, 0.5) is 0 Å². The molecule has 0 aliphatic carbocycles. The topological polar surface area (TPSA) is 84.2 Å². The van der Waals surface area contributed by atoms with E-state index in [0.29, 0.717) is 6.42 Å². The number of amides is 2. The van der Waals surface area contributed by atoms with Crippen molar-refractivity contribution in [2.75, 3.05) is 13.6 Å². The average molecular weight is 215 g/mol. The van der Waals surface area contributed by atoms with Crippen LogP contribution in [0.5, 0.6) is 0 Å². The van der Waals surface area contributed by atoms with E-state index in [1.54, 1.807) is 13.8 Å². The molecule has 2 amide bonds. The Balaban J connectivity index is 3.88. The second kappa shape index (κ2) is 6.40. The van der Waals surface area contributed by atoms with Gasteiger partial charge >= 0.3 is 0 Å². The van der Waals surface area contributed by atoms with Gasteiger partial charge in [-0.2, -0.15) is 0 Å². The second-order valence-corrected chi connectivity index (χ2v) is 4.28. The standard InChI is InChI=1S/C10H21N3O2/c1-10(2,7-8(11)14)13-9(15)5-4-6-12-3/h12H,4-7H2,1-3H3,(H2,11,14)(H,13,15). The van der Waals surface area contributed by atoms with Crippen molar-refractivity contribution in [1.29, 1.82) is 0 Å². The van der Waals surface area contributed by atoms with Gasteiger partial charge in [0.25, 0.3) is 0 Å². The van der Waals surface area contributed by atoms with Crippen LogP contribution >= 0.6 is 0 Å². The highest BCUT2D eigenvalue weighted by Gasteiger charge is 2.22. The maximum atomic E-state index is 11.4. The summed E-state index contributed by atoms with van der Waals surface area (Å²) in [6.45, 7) is 4.38. The third-order valence-electron chi connectivity index (χ3n) is 1.92. The predicted molar refractivity (Wildman–Crippen MR) is 59.2 cm³/mol. The van der Waals surface area contributed by atoms with E-state index in [0.717, 1.165) is 13.0 Å². The molecule has 88 valence electrons. The van der Waals surface area contributed by atoms with E-state index in [9.17, 15) is 9.59 Å². The summed E-state index contributed by atoms with van der Waals surface area (Å²) < 4.78 is 0. The van der Waals surface area contributed by atoms with E-state index in [4.69, 9.17) is 5.73 Å². The lowest BCUT2D eigenvalue weighted by molar-refractivity contribution is -0.124. The van der Waals surface area contributed by atoms with E-state index in [1.165, 1.54) is 0 Å². The van der Waals surface area contributed by atoms with E-state index in [-0.39, 0.29) is 12.3 Å². The van der Waals surface area contributed by atoms with Crippen molar-refractivity contribution in [2.24, 2.45) is 5.73 Å². The van der Waals surface area contributed by atoms with Crippen molar-refractivity contribution < 1.29 is 9.59 Å². The van der Waals surface area contributed by atoms with E-state index in [1.807, 2.05) is 7.05 Å². The Hall–Kier alpha value is -1.10. The van der Waals surface area contributed by atoms with Gasteiger partial charge in [0, 0.05) is 18.4 Å². The Morgan fingerprint density at radius 2 is 1.93 bits per heavy atom. The number of nitrogens with two attached hydrogens (primary N) is 1. The van der Waals surface area contributed by atoms with Crippen LogP contribution < -0.4 is 16.4 Å². The summed E-state index contributed by atoms with van der Waals surface area (Å²) in [6, 6.07) is 0. The lowest BCUT2D eigenvalue weighted by Gasteiger charge is -2.24. The first kappa shape index (κ1) is 13.9. The molecule has 0 aliphatic heterocycles. The van der Waals surface area contributed by atoms with Crippen LogP contribution in [0, 0.1) is 0 Å². The number of primary amides is 1. The molecular weight excluding hydrogens is 194 g/mol. The van der Waals surface area contributed by atoms with Crippen molar-refractivity contribution in [1.82, 2.24) is 10.6 Å². The van der Waals surface area contributed by atoms with Gasteiger partial charge < -0.3 is 16.4 Å². The van der Waals surface area contributed by atoms with Crippen LogP contribution in [0.3, 0.4) is 0 Å². The summed E-state index contributed by atoms with van der Waals surface area (Å²) in [4.78, 5) is 22.1. The average Bonchev–Trinajstić information content (AvgIpc) is 2.00. The molecule has 0 rings (SSSR count). The van der Waals surface area contributed by atoms with Crippen molar-refractivity contribution >= 4 is 11.8 Å². The number of hydrogen-bond acceptors (Lipinski definition) is 3. The first-order chi connectivity index (χ1) is 6.87. The first-order valence-corrected chi connectivity index (χ1v) is 5.11. The quantitative estimate of drug-likeness (QED) is 0.512. The molecule has 0 radical (unpaired) electrons. The smallest absolute Gasteiger partial charge is 0.220 e. The van der Waals surface area contributed by atoms with Crippen molar-refractivity contribution in [3.8, 4) is 0 Å². The Morgan fingerprint density at radius 1 is 1.33 bits per heavy atom. The minimum absolute atomic E-state index is 0.0449. The highest BCUT2D eigenvalue weighted by Crippen LogP contribution is 2.07. The van der Waals surface area contributed by atoms with Crippen LogP contribution in [0.15, 0.2) is 0 Å². The molecule has 0 aromatic rings. The number of rotatable bonds is 7. The monoisotopic (exact) mass is 215 g/mol. The van der Waals surface area contributed by atoms with Gasteiger partial charge in [-0.15, -0.1) is 0 Å². The maximum absolute atomic E-state index is 11.4. The fourth-order valence-corrected chi connectivity index (χ4v) is 1.35. The highest BCUT2D eigenvalue weighted by molar-refractivity contribution is 5.79. The molecule has 5 heteroatoms. The highest BCUT2D eigenvalue weighted by atomic mass is 16.2. The summed E-state index contributed by atoms with van der Waals surface area (Å²) in [5, 5.41) is 5.74. The molecular formula is C10H21N3O2. The molecule has 0 atom stereocenters. The molecule has 0 fully saturated rings. The number of carbonyl (C=O) groups excluding carboxylic acids is 2. The van der Waals surface area contributed by atoms with Crippen molar-refractivity contribution in [2.45, 2.75) is 38.6 Å². The number of carbonyl (C=O) groups is 2. The van der Waals surface area contributed by atoms with Crippen molar-refractivity contribution in [3.63, 3.8) is 0 Å². The molecule has 5 nitrogen and oxygen atoms in total. The second-order valence-electron chi connectivity index (χ2n) is 4.28. The molecule has 0 unspecified atom stereocenters. The van der Waals surface area contributed by atoms with Crippen LogP contribution in [-0.4, -0.2) is 30.9 Å². The minimum Gasteiger partial charge on any atom is -0.370 e. The normalized spacial score (nSPS) is 11.1. The van der Waals surface area contributed by atoms with Gasteiger partial charge in [0.15, 0.2) is 0 Å². The molecule has 4 N–H and O–H groups in total. The third kappa shape index (κ3) is 7.93. The largest absolute Gasteiger partial charge is 0.370 e. The Labute approximate surface area is 90.8 Å². The zero-order valence-electron chi connectivity index (χ0n) is 9.72. The Kier molecular flexibility index (Phi) is 5.93. The summed E-state index contributed by atoms with van der Waals surface area (Å²) in [5.74, 6) is -0.452. The third-order valence-corrected chi connectivity index (χ3v) is 1.92. The van der Waals surface area contributed by atoms with E-state index in [2.05, 4.69) is 10.6 Å². The van der Waals surface area contributed by atoms with Crippen LogP contribution in [0.2, 0.25) is 0 Å². The van der Waals surface area contributed by atoms with Gasteiger partial charge in [0.2, 0.25) is 11.8 Å². The van der Waals surface area contributed by atoms with Crippen LogP contribution in [0.25, 0.3) is 0 Å². The molecule has 0 saturated heterocycles. The van der Waals surface area contributed by atoms with Gasteiger partial charge in [0.05, 0.1) is 0 Å². The zero-order valence-corrected chi connectivity index (χ0v) is 9.72. The van der Waals surface area contributed by atoms with Gasteiger partial charge in [-0.05, 0) is 33.9 Å². The molecule has 0 aromatic carbocycles. The van der Waals surface area contributed by atoms with Gasteiger partial charge in [-0.3, -0.25) is 9.59 Å². The summed E-state index contributed by atoms with van der Waals surface area (Å²) in [5.41, 5.74) is 4.52. The van der Waals surface area contributed by atoms with Crippen molar-refractivity contribution in [3.05, 3.63) is 0 Å². The minimum atomic E-state index is -0.553.